The van der Waals surface area contributed by atoms with E-state index >= 15 is 0 Å². The number of aryl methyl sites for hydroxylation is 1. The highest BCUT2D eigenvalue weighted by molar-refractivity contribution is 5.79. The van der Waals surface area contributed by atoms with Crippen molar-refractivity contribution in [3.63, 3.8) is 0 Å². The Hall–Kier alpha value is -1.63. The lowest BCUT2D eigenvalue weighted by Crippen LogP contribution is -2.45. The van der Waals surface area contributed by atoms with E-state index in [9.17, 15) is 0 Å². The minimum absolute atomic E-state index is 0.546. The van der Waals surface area contributed by atoms with Crippen LogP contribution in [0.15, 0.2) is 11.3 Å². The van der Waals surface area contributed by atoms with E-state index in [0.717, 1.165) is 44.0 Å². The van der Waals surface area contributed by atoms with E-state index < -0.39 is 0 Å². The van der Waals surface area contributed by atoms with Crippen LogP contribution < -0.4 is 10.6 Å². The number of nitrogens with one attached hydrogen (secondary N) is 2. The summed E-state index contributed by atoms with van der Waals surface area (Å²) in [5, 5.41) is 14.9. The lowest BCUT2D eigenvalue weighted by atomic mass is 10.0. The molecule has 0 spiro atoms. The summed E-state index contributed by atoms with van der Waals surface area (Å²) < 4.78 is 2.02. The predicted molar refractivity (Wildman–Crippen MR) is 98.0 cm³/mol. The Morgan fingerprint density at radius 2 is 2.17 bits per heavy atom. The standard InChI is InChI=1S/C17H33N7/c1-4-15-9-7-8-11-24(15)12-10-19-17(18-5-2)20-13-16-22-21-14-23(16)6-3/h14-15H,4-13H2,1-3H3,(H2,18,19,20). The molecule has 1 aromatic rings. The molecular formula is C17H33N7. The molecule has 1 fully saturated rings. The van der Waals surface area contributed by atoms with Gasteiger partial charge in [0.15, 0.2) is 11.8 Å². The number of nitrogens with zero attached hydrogens (tertiary/aromatic N) is 5. The lowest BCUT2D eigenvalue weighted by Gasteiger charge is -2.35. The number of rotatable bonds is 8. The number of hydrogen-bond donors (Lipinski definition) is 2. The zero-order valence-corrected chi connectivity index (χ0v) is 15.5. The Kier molecular flexibility index (Phi) is 8.01. The summed E-state index contributed by atoms with van der Waals surface area (Å²) in [6.45, 7) is 12.0. The highest BCUT2D eigenvalue weighted by atomic mass is 15.3. The van der Waals surface area contributed by atoms with Crippen LogP contribution in [0.3, 0.4) is 0 Å². The number of aliphatic imine (C=N–C) groups is 1. The molecule has 7 nitrogen and oxygen atoms in total. The monoisotopic (exact) mass is 335 g/mol. The Morgan fingerprint density at radius 1 is 1.29 bits per heavy atom. The van der Waals surface area contributed by atoms with Crippen molar-refractivity contribution in [1.29, 1.82) is 0 Å². The maximum Gasteiger partial charge on any atom is 0.191 e. The average Bonchev–Trinajstić information content (AvgIpc) is 3.07. The van der Waals surface area contributed by atoms with Gasteiger partial charge in [-0.05, 0) is 39.7 Å². The second kappa shape index (κ2) is 10.3. The molecule has 0 saturated carbocycles. The first kappa shape index (κ1) is 18.7. The molecule has 136 valence electrons. The van der Waals surface area contributed by atoms with Gasteiger partial charge >= 0.3 is 0 Å². The van der Waals surface area contributed by atoms with Crippen molar-refractivity contribution in [2.24, 2.45) is 4.99 Å². The first-order chi connectivity index (χ1) is 11.8. The molecule has 1 aliphatic rings. The number of piperidine rings is 1. The minimum atomic E-state index is 0.546. The summed E-state index contributed by atoms with van der Waals surface area (Å²) in [6, 6.07) is 0.753. The second-order valence-electron chi connectivity index (χ2n) is 6.25. The molecule has 1 atom stereocenters. The van der Waals surface area contributed by atoms with Crippen molar-refractivity contribution in [3.05, 3.63) is 12.2 Å². The smallest absolute Gasteiger partial charge is 0.191 e. The van der Waals surface area contributed by atoms with E-state index in [1.807, 2.05) is 4.57 Å². The SMILES string of the molecule is CCNC(=NCc1nncn1CC)NCCN1CCCCC1CC. The van der Waals surface area contributed by atoms with Crippen LogP contribution in [0.5, 0.6) is 0 Å². The Bertz CT molecular complexity index is 497. The van der Waals surface area contributed by atoms with E-state index in [4.69, 9.17) is 0 Å². The third kappa shape index (κ3) is 5.47. The molecule has 1 aliphatic heterocycles. The van der Waals surface area contributed by atoms with Gasteiger partial charge in [0.2, 0.25) is 0 Å². The van der Waals surface area contributed by atoms with Crippen molar-refractivity contribution in [2.45, 2.75) is 65.6 Å². The van der Waals surface area contributed by atoms with Crippen molar-refractivity contribution in [3.8, 4) is 0 Å². The maximum absolute atomic E-state index is 4.64. The Morgan fingerprint density at radius 3 is 2.92 bits per heavy atom. The van der Waals surface area contributed by atoms with Crippen LogP contribution in [0, 0.1) is 0 Å². The number of hydrogen-bond acceptors (Lipinski definition) is 4. The summed E-state index contributed by atoms with van der Waals surface area (Å²) in [7, 11) is 0. The fraction of sp³-hybridized carbons (Fsp3) is 0.824. The molecule has 1 aromatic heterocycles. The van der Waals surface area contributed by atoms with Gasteiger partial charge in [-0.2, -0.15) is 0 Å². The second-order valence-corrected chi connectivity index (χ2v) is 6.25. The predicted octanol–water partition coefficient (Wildman–Crippen LogP) is 1.62. The highest BCUT2D eigenvalue weighted by Gasteiger charge is 2.19. The van der Waals surface area contributed by atoms with E-state index in [1.54, 1.807) is 6.33 Å². The zero-order valence-electron chi connectivity index (χ0n) is 15.5. The maximum atomic E-state index is 4.64. The molecular weight excluding hydrogens is 302 g/mol. The summed E-state index contributed by atoms with van der Waals surface area (Å²) in [5.41, 5.74) is 0. The number of likely N-dealkylation sites (tertiary alicyclic amines) is 1. The van der Waals surface area contributed by atoms with E-state index in [-0.39, 0.29) is 0 Å². The van der Waals surface area contributed by atoms with Crippen LogP contribution in [0.4, 0.5) is 0 Å². The normalized spacial score (nSPS) is 19.5. The van der Waals surface area contributed by atoms with Crippen LogP contribution in [0.2, 0.25) is 0 Å². The zero-order chi connectivity index (χ0) is 17.2. The van der Waals surface area contributed by atoms with Gasteiger partial charge in [0.05, 0.1) is 0 Å². The molecule has 1 unspecified atom stereocenters. The van der Waals surface area contributed by atoms with Gasteiger partial charge in [-0.25, -0.2) is 4.99 Å². The van der Waals surface area contributed by atoms with E-state index in [0.29, 0.717) is 6.54 Å². The Balaban J connectivity index is 1.83. The van der Waals surface area contributed by atoms with Gasteiger partial charge in [0, 0.05) is 32.2 Å². The van der Waals surface area contributed by atoms with E-state index in [2.05, 4.69) is 51.5 Å². The van der Waals surface area contributed by atoms with Crippen LogP contribution in [0.1, 0.15) is 52.3 Å². The van der Waals surface area contributed by atoms with Crippen molar-refractivity contribution in [1.82, 2.24) is 30.3 Å². The molecule has 0 amide bonds. The van der Waals surface area contributed by atoms with Crippen LogP contribution in [-0.2, 0) is 13.1 Å². The van der Waals surface area contributed by atoms with Gasteiger partial charge < -0.3 is 15.2 Å². The number of aromatic nitrogens is 3. The fourth-order valence-electron chi connectivity index (χ4n) is 3.29. The number of guanidine groups is 1. The average molecular weight is 336 g/mol. The molecule has 1 saturated heterocycles. The quantitative estimate of drug-likeness (QED) is 0.558. The van der Waals surface area contributed by atoms with Crippen LogP contribution >= 0.6 is 0 Å². The van der Waals surface area contributed by atoms with Crippen molar-refractivity contribution in [2.75, 3.05) is 26.2 Å². The van der Waals surface area contributed by atoms with Crippen LogP contribution in [-0.4, -0.2) is 57.8 Å². The molecule has 7 heteroatoms. The van der Waals surface area contributed by atoms with Crippen molar-refractivity contribution < 1.29 is 0 Å². The topological polar surface area (TPSA) is 70.4 Å². The van der Waals surface area contributed by atoms with Gasteiger partial charge in [0.25, 0.3) is 0 Å². The molecule has 0 bridgehead atoms. The summed E-state index contributed by atoms with van der Waals surface area (Å²) in [6.07, 6.45) is 7.06. The highest BCUT2D eigenvalue weighted by Crippen LogP contribution is 2.18. The molecule has 24 heavy (non-hydrogen) atoms. The van der Waals surface area contributed by atoms with E-state index in [1.165, 1.54) is 32.2 Å². The van der Waals surface area contributed by atoms with Gasteiger partial charge in [-0.1, -0.05) is 13.3 Å². The van der Waals surface area contributed by atoms with Gasteiger partial charge in [-0.15, -0.1) is 10.2 Å². The summed E-state index contributed by atoms with van der Waals surface area (Å²) >= 11 is 0. The molecule has 2 rings (SSSR count). The lowest BCUT2D eigenvalue weighted by molar-refractivity contribution is 0.147. The largest absolute Gasteiger partial charge is 0.357 e. The molecule has 0 aliphatic carbocycles. The third-order valence-electron chi connectivity index (χ3n) is 4.67. The molecule has 2 heterocycles. The first-order valence-corrected chi connectivity index (χ1v) is 9.41. The van der Waals surface area contributed by atoms with Gasteiger partial charge in [0.1, 0.15) is 12.9 Å². The Labute approximate surface area is 145 Å². The molecule has 2 N–H and O–H groups in total. The molecule has 0 aromatic carbocycles. The minimum Gasteiger partial charge on any atom is -0.357 e. The van der Waals surface area contributed by atoms with Crippen LogP contribution in [0.25, 0.3) is 0 Å². The van der Waals surface area contributed by atoms with Crippen molar-refractivity contribution >= 4 is 5.96 Å². The first-order valence-electron chi connectivity index (χ1n) is 9.41. The summed E-state index contributed by atoms with van der Waals surface area (Å²) in [4.78, 5) is 7.26. The molecule has 0 radical (unpaired) electrons. The third-order valence-corrected chi connectivity index (χ3v) is 4.67. The summed E-state index contributed by atoms with van der Waals surface area (Å²) in [5.74, 6) is 1.75. The van der Waals surface area contributed by atoms with Gasteiger partial charge in [-0.3, -0.25) is 4.90 Å². The fourth-order valence-corrected chi connectivity index (χ4v) is 3.29.